The van der Waals surface area contributed by atoms with Gasteiger partial charge in [0.1, 0.15) is 5.75 Å². The molecule has 1 aliphatic rings. The SMILES string of the molecule is COc1ccc([N+](=O)[O-])cc1NS(=O)(=O)c1ccc(C(=O)NCC2(c3ccccc3)CC2)cc1. The van der Waals surface area contributed by atoms with Crippen molar-refractivity contribution in [1.29, 1.82) is 0 Å². The number of benzene rings is 3. The molecule has 10 heteroatoms. The molecule has 176 valence electrons. The molecular formula is C24H23N3O6S. The van der Waals surface area contributed by atoms with Gasteiger partial charge in [0, 0.05) is 29.7 Å². The fourth-order valence-corrected chi connectivity index (χ4v) is 4.80. The molecule has 0 heterocycles. The van der Waals surface area contributed by atoms with Gasteiger partial charge < -0.3 is 10.1 Å². The summed E-state index contributed by atoms with van der Waals surface area (Å²) in [5.41, 5.74) is 1.14. The van der Waals surface area contributed by atoms with E-state index in [9.17, 15) is 23.3 Å². The topological polar surface area (TPSA) is 128 Å². The first-order valence-electron chi connectivity index (χ1n) is 10.5. The molecule has 3 aromatic rings. The van der Waals surface area contributed by atoms with Crippen LogP contribution in [-0.4, -0.2) is 32.9 Å². The number of nitro groups is 1. The number of hydrogen-bond donors (Lipinski definition) is 2. The third-order valence-corrected chi connectivity index (χ3v) is 7.27. The summed E-state index contributed by atoms with van der Waals surface area (Å²) >= 11 is 0. The van der Waals surface area contributed by atoms with Crippen molar-refractivity contribution in [3.05, 3.63) is 94.0 Å². The maximum atomic E-state index is 12.8. The van der Waals surface area contributed by atoms with Gasteiger partial charge in [-0.25, -0.2) is 8.42 Å². The average Bonchev–Trinajstić information content (AvgIpc) is 3.64. The van der Waals surface area contributed by atoms with Gasteiger partial charge in [-0.05, 0) is 48.7 Å². The van der Waals surface area contributed by atoms with Crippen molar-refractivity contribution in [3.8, 4) is 5.75 Å². The number of hydrogen-bond acceptors (Lipinski definition) is 6. The van der Waals surface area contributed by atoms with Crippen molar-refractivity contribution >= 4 is 27.3 Å². The van der Waals surface area contributed by atoms with Gasteiger partial charge in [0.15, 0.2) is 0 Å². The Morgan fingerprint density at radius 3 is 2.32 bits per heavy atom. The van der Waals surface area contributed by atoms with Gasteiger partial charge >= 0.3 is 0 Å². The molecule has 34 heavy (non-hydrogen) atoms. The highest BCUT2D eigenvalue weighted by Gasteiger charge is 2.44. The Kier molecular flexibility index (Phi) is 6.25. The lowest BCUT2D eigenvalue weighted by atomic mass is 9.96. The molecule has 1 aliphatic carbocycles. The number of methoxy groups -OCH3 is 1. The van der Waals surface area contributed by atoms with Crippen LogP contribution in [0, 0.1) is 10.1 Å². The smallest absolute Gasteiger partial charge is 0.271 e. The standard InChI is InChI=1S/C24H23N3O6S/c1-33-22-12-9-19(27(29)30)15-21(22)26-34(31,32)20-10-7-17(8-11-20)23(28)25-16-24(13-14-24)18-5-3-2-4-6-18/h2-12,15,26H,13-14,16H2,1H3,(H,25,28). The van der Waals surface area contributed by atoms with Gasteiger partial charge in [0.25, 0.3) is 21.6 Å². The number of nitrogens with one attached hydrogen (secondary N) is 2. The summed E-state index contributed by atoms with van der Waals surface area (Å²) in [5.74, 6) is -0.155. The summed E-state index contributed by atoms with van der Waals surface area (Å²) in [6, 6.07) is 19.1. The molecule has 1 fully saturated rings. The lowest BCUT2D eigenvalue weighted by Gasteiger charge is -2.16. The van der Waals surface area contributed by atoms with Crippen LogP contribution in [0.3, 0.4) is 0 Å². The number of nitrogens with zero attached hydrogens (tertiary/aromatic N) is 1. The van der Waals surface area contributed by atoms with E-state index in [-0.39, 0.29) is 33.3 Å². The van der Waals surface area contributed by atoms with Gasteiger partial charge in [-0.3, -0.25) is 19.6 Å². The zero-order valence-electron chi connectivity index (χ0n) is 18.4. The predicted octanol–water partition coefficient (Wildman–Crippen LogP) is 3.87. The van der Waals surface area contributed by atoms with Crippen LogP contribution in [-0.2, 0) is 15.4 Å². The van der Waals surface area contributed by atoms with E-state index in [1.165, 1.54) is 49.1 Å². The first-order valence-corrected chi connectivity index (χ1v) is 12.0. The fraction of sp³-hybridized carbons (Fsp3) is 0.208. The van der Waals surface area contributed by atoms with E-state index in [1.807, 2.05) is 18.2 Å². The van der Waals surface area contributed by atoms with E-state index in [1.54, 1.807) is 0 Å². The van der Waals surface area contributed by atoms with Crippen LogP contribution in [0.2, 0.25) is 0 Å². The van der Waals surface area contributed by atoms with E-state index in [0.717, 1.165) is 18.9 Å². The van der Waals surface area contributed by atoms with E-state index < -0.39 is 14.9 Å². The molecule has 1 amide bonds. The first-order chi connectivity index (χ1) is 16.2. The number of carbonyl (C=O) groups is 1. The normalized spacial score (nSPS) is 14.1. The van der Waals surface area contributed by atoms with Crippen molar-refractivity contribution in [2.75, 3.05) is 18.4 Å². The number of carbonyl (C=O) groups excluding carboxylic acids is 1. The van der Waals surface area contributed by atoms with Crippen LogP contribution in [0.15, 0.2) is 77.7 Å². The Hall–Kier alpha value is -3.92. The Morgan fingerprint density at radius 1 is 1.06 bits per heavy atom. The predicted molar refractivity (Wildman–Crippen MR) is 127 cm³/mol. The molecule has 0 bridgehead atoms. The third kappa shape index (κ3) is 4.86. The summed E-state index contributed by atoms with van der Waals surface area (Å²) in [6.07, 6.45) is 2.00. The number of amides is 1. The van der Waals surface area contributed by atoms with Crippen molar-refractivity contribution in [3.63, 3.8) is 0 Å². The minimum absolute atomic E-state index is 0.0402. The molecule has 0 radical (unpaired) electrons. The van der Waals surface area contributed by atoms with Crippen molar-refractivity contribution in [2.24, 2.45) is 0 Å². The highest BCUT2D eigenvalue weighted by Crippen LogP contribution is 2.47. The van der Waals surface area contributed by atoms with Crippen LogP contribution in [0.1, 0.15) is 28.8 Å². The molecule has 0 unspecified atom stereocenters. The summed E-state index contributed by atoms with van der Waals surface area (Å²) in [7, 11) is -2.75. The minimum Gasteiger partial charge on any atom is -0.495 e. The van der Waals surface area contributed by atoms with E-state index in [4.69, 9.17) is 4.74 Å². The maximum absolute atomic E-state index is 12.8. The molecule has 0 spiro atoms. The van der Waals surface area contributed by atoms with E-state index >= 15 is 0 Å². The second-order valence-corrected chi connectivity index (χ2v) is 9.78. The monoisotopic (exact) mass is 481 g/mol. The van der Waals surface area contributed by atoms with E-state index in [0.29, 0.717) is 12.1 Å². The van der Waals surface area contributed by atoms with Crippen molar-refractivity contribution in [2.45, 2.75) is 23.2 Å². The number of non-ortho nitro benzene ring substituents is 1. The second kappa shape index (κ2) is 9.14. The zero-order valence-corrected chi connectivity index (χ0v) is 19.2. The number of rotatable bonds is 9. The highest BCUT2D eigenvalue weighted by molar-refractivity contribution is 7.92. The zero-order chi connectivity index (χ0) is 24.3. The molecule has 4 rings (SSSR count). The van der Waals surface area contributed by atoms with Gasteiger partial charge in [0.05, 0.1) is 22.6 Å². The number of sulfonamides is 1. The van der Waals surface area contributed by atoms with E-state index in [2.05, 4.69) is 22.2 Å². The Labute approximate surface area is 197 Å². The van der Waals surface area contributed by atoms with Crippen LogP contribution < -0.4 is 14.8 Å². The summed E-state index contributed by atoms with van der Waals surface area (Å²) in [4.78, 5) is 22.9. The van der Waals surface area contributed by atoms with Crippen LogP contribution in [0.25, 0.3) is 0 Å². The van der Waals surface area contributed by atoms with Crippen LogP contribution >= 0.6 is 0 Å². The lowest BCUT2D eigenvalue weighted by Crippen LogP contribution is -2.32. The molecule has 0 aromatic heterocycles. The largest absolute Gasteiger partial charge is 0.495 e. The van der Waals surface area contributed by atoms with Gasteiger partial charge in [-0.2, -0.15) is 0 Å². The molecule has 0 aliphatic heterocycles. The second-order valence-electron chi connectivity index (χ2n) is 8.10. The van der Waals surface area contributed by atoms with Crippen LogP contribution in [0.4, 0.5) is 11.4 Å². The Bertz CT molecular complexity index is 1320. The molecule has 2 N–H and O–H groups in total. The quantitative estimate of drug-likeness (QED) is 0.353. The average molecular weight is 482 g/mol. The number of anilines is 1. The fourth-order valence-electron chi connectivity index (χ4n) is 3.74. The van der Waals surface area contributed by atoms with Crippen LogP contribution in [0.5, 0.6) is 5.75 Å². The van der Waals surface area contributed by atoms with Crippen molar-refractivity contribution < 1.29 is 22.9 Å². The Morgan fingerprint density at radius 2 is 1.74 bits per heavy atom. The Balaban J connectivity index is 1.45. The molecule has 0 atom stereocenters. The van der Waals surface area contributed by atoms with Gasteiger partial charge in [-0.1, -0.05) is 30.3 Å². The number of ether oxygens (including phenoxy) is 1. The van der Waals surface area contributed by atoms with Gasteiger partial charge in [-0.15, -0.1) is 0 Å². The third-order valence-electron chi connectivity index (χ3n) is 5.89. The first kappa shape index (κ1) is 23.2. The van der Waals surface area contributed by atoms with Crippen molar-refractivity contribution in [1.82, 2.24) is 5.32 Å². The maximum Gasteiger partial charge on any atom is 0.271 e. The number of nitro benzene ring substituents is 1. The summed E-state index contributed by atoms with van der Waals surface area (Å²) < 4.78 is 33.0. The molecular weight excluding hydrogens is 458 g/mol. The summed E-state index contributed by atoms with van der Waals surface area (Å²) in [5, 5.41) is 14.0. The molecule has 9 nitrogen and oxygen atoms in total. The van der Waals surface area contributed by atoms with Gasteiger partial charge in [0.2, 0.25) is 0 Å². The molecule has 1 saturated carbocycles. The molecule has 3 aromatic carbocycles. The molecule has 0 saturated heterocycles. The highest BCUT2D eigenvalue weighted by atomic mass is 32.2. The lowest BCUT2D eigenvalue weighted by molar-refractivity contribution is -0.384. The summed E-state index contributed by atoms with van der Waals surface area (Å²) in [6.45, 7) is 0.504. The minimum atomic E-state index is -4.08.